The highest BCUT2D eigenvalue weighted by Crippen LogP contribution is 2.24. The van der Waals surface area contributed by atoms with Crippen molar-refractivity contribution in [3.63, 3.8) is 0 Å². The number of likely N-dealkylation sites (tertiary alicyclic amines) is 1. The van der Waals surface area contributed by atoms with Gasteiger partial charge in [0.1, 0.15) is 5.82 Å². The van der Waals surface area contributed by atoms with Gasteiger partial charge in [0.15, 0.2) is 0 Å². The monoisotopic (exact) mass is 363 g/mol. The van der Waals surface area contributed by atoms with Crippen LogP contribution in [0.2, 0.25) is 0 Å². The zero-order chi connectivity index (χ0) is 17.6. The van der Waals surface area contributed by atoms with Crippen molar-refractivity contribution >= 4 is 11.3 Å². The summed E-state index contributed by atoms with van der Waals surface area (Å²) in [6, 6.07) is 7.41. The number of aromatic nitrogens is 1. The molecule has 0 radical (unpaired) electrons. The highest BCUT2D eigenvalue weighted by atomic mass is 32.1. The first-order valence-electron chi connectivity index (χ1n) is 8.88. The fourth-order valence-corrected chi connectivity index (χ4v) is 4.16. The molecular formula is C19H26FN3OS. The molecule has 1 fully saturated rings. The van der Waals surface area contributed by atoms with E-state index in [9.17, 15) is 4.39 Å². The second-order valence-electron chi connectivity index (χ2n) is 6.57. The predicted octanol–water partition coefficient (Wildman–Crippen LogP) is 3.78. The Morgan fingerprint density at radius 3 is 2.68 bits per heavy atom. The van der Waals surface area contributed by atoms with E-state index in [0.717, 1.165) is 44.2 Å². The lowest BCUT2D eigenvalue weighted by Gasteiger charge is -2.36. The van der Waals surface area contributed by atoms with Gasteiger partial charge in [-0.2, -0.15) is 0 Å². The molecule has 4 nitrogen and oxygen atoms in total. The third-order valence-electron chi connectivity index (χ3n) is 4.71. The molecule has 0 N–H and O–H groups in total. The van der Waals surface area contributed by atoms with Gasteiger partial charge in [0.25, 0.3) is 5.19 Å². The summed E-state index contributed by atoms with van der Waals surface area (Å²) in [4.78, 5) is 10.5. The van der Waals surface area contributed by atoms with Crippen molar-refractivity contribution < 1.29 is 9.13 Å². The number of benzene rings is 1. The minimum atomic E-state index is -0.171. The van der Waals surface area contributed by atoms with Gasteiger partial charge in [-0.3, -0.25) is 9.80 Å². The van der Waals surface area contributed by atoms with Gasteiger partial charge in [-0.25, -0.2) is 9.37 Å². The summed E-state index contributed by atoms with van der Waals surface area (Å²) in [5, 5.41) is 0.770. The first-order valence-corrected chi connectivity index (χ1v) is 9.70. The first kappa shape index (κ1) is 18.3. The first-order chi connectivity index (χ1) is 12.1. The van der Waals surface area contributed by atoms with E-state index in [-0.39, 0.29) is 5.82 Å². The van der Waals surface area contributed by atoms with Crippen LogP contribution in [0, 0.1) is 5.82 Å². The summed E-state index contributed by atoms with van der Waals surface area (Å²) in [7, 11) is 2.17. The minimum absolute atomic E-state index is 0.171. The van der Waals surface area contributed by atoms with E-state index in [1.807, 2.05) is 25.3 Å². The Hall–Kier alpha value is -1.50. The van der Waals surface area contributed by atoms with E-state index in [2.05, 4.69) is 21.8 Å². The molecule has 0 saturated carbocycles. The van der Waals surface area contributed by atoms with Gasteiger partial charge in [-0.05, 0) is 44.5 Å². The molecule has 1 aromatic heterocycles. The fraction of sp³-hybridized carbons (Fsp3) is 0.526. The van der Waals surface area contributed by atoms with Crippen LogP contribution in [0.25, 0.3) is 0 Å². The van der Waals surface area contributed by atoms with Crippen molar-refractivity contribution in [2.45, 2.75) is 38.9 Å². The third kappa shape index (κ3) is 5.23. The molecule has 3 rings (SSSR count). The number of hydrogen-bond donors (Lipinski definition) is 0. The maximum Gasteiger partial charge on any atom is 0.273 e. The molecule has 0 bridgehead atoms. The summed E-state index contributed by atoms with van der Waals surface area (Å²) in [5.74, 6) is -0.171. The van der Waals surface area contributed by atoms with Crippen LogP contribution in [0.1, 0.15) is 30.2 Å². The zero-order valence-corrected chi connectivity index (χ0v) is 15.8. The van der Waals surface area contributed by atoms with E-state index in [1.54, 1.807) is 11.3 Å². The van der Waals surface area contributed by atoms with Gasteiger partial charge in [-0.1, -0.05) is 23.5 Å². The lowest BCUT2D eigenvalue weighted by Crippen LogP contribution is -2.42. The van der Waals surface area contributed by atoms with Gasteiger partial charge in [-0.15, -0.1) is 0 Å². The Balaban J connectivity index is 1.45. The normalized spacial score (nSPS) is 16.5. The van der Waals surface area contributed by atoms with Gasteiger partial charge >= 0.3 is 0 Å². The highest BCUT2D eigenvalue weighted by Gasteiger charge is 2.23. The van der Waals surface area contributed by atoms with E-state index in [1.165, 1.54) is 22.6 Å². The van der Waals surface area contributed by atoms with Crippen molar-refractivity contribution in [3.8, 4) is 5.19 Å². The summed E-state index contributed by atoms with van der Waals surface area (Å²) >= 11 is 1.65. The van der Waals surface area contributed by atoms with Crippen LogP contribution in [0.5, 0.6) is 5.19 Å². The van der Waals surface area contributed by atoms with Crippen LogP contribution in [-0.2, 0) is 13.1 Å². The highest BCUT2D eigenvalue weighted by molar-refractivity contribution is 7.13. The Labute approximate surface area is 153 Å². The molecule has 2 heterocycles. The largest absolute Gasteiger partial charge is 0.470 e. The van der Waals surface area contributed by atoms with Gasteiger partial charge in [0.05, 0.1) is 6.61 Å². The second-order valence-corrected chi connectivity index (χ2v) is 7.65. The van der Waals surface area contributed by atoms with Crippen LogP contribution < -0.4 is 4.74 Å². The van der Waals surface area contributed by atoms with Crippen molar-refractivity contribution in [2.24, 2.45) is 0 Å². The molecule has 0 amide bonds. The Bertz CT molecular complexity index is 653. The predicted molar refractivity (Wildman–Crippen MR) is 99.4 cm³/mol. The summed E-state index contributed by atoms with van der Waals surface area (Å²) in [6.07, 6.45) is 4.26. The second kappa shape index (κ2) is 8.74. The average Bonchev–Trinajstić information content (AvgIpc) is 3.05. The number of halogens is 1. The quantitative estimate of drug-likeness (QED) is 0.749. The molecular weight excluding hydrogens is 337 g/mol. The topological polar surface area (TPSA) is 28.6 Å². The molecule has 0 spiro atoms. The molecule has 1 saturated heterocycles. The van der Waals surface area contributed by atoms with Crippen molar-refractivity contribution in [1.82, 2.24) is 14.8 Å². The van der Waals surface area contributed by atoms with Crippen LogP contribution in [0.4, 0.5) is 4.39 Å². The molecule has 136 valence electrons. The Kier molecular flexibility index (Phi) is 6.39. The molecule has 1 aliphatic rings. The van der Waals surface area contributed by atoms with E-state index >= 15 is 0 Å². The van der Waals surface area contributed by atoms with Crippen LogP contribution in [0.15, 0.2) is 30.5 Å². The molecule has 1 aromatic carbocycles. The lowest BCUT2D eigenvalue weighted by molar-refractivity contribution is 0.120. The van der Waals surface area contributed by atoms with Crippen LogP contribution in [0.3, 0.4) is 0 Å². The maximum atomic E-state index is 13.0. The standard InChI is InChI=1S/C19H26FN3OS/c1-3-24-19-21-12-18(25-19)14-23-10-8-17(9-11-23)22(2)13-15-4-6-16(20)7-5-15/h4-7,12,17H,3,8-11,13-14H2,1-2H3. The van der Waals surface area contributed by atoms with Gasteiger partial charge in [0, 0.05) is 43.3 Å². The number of nitrogens with zero attached hydrogens (tertiary/aromatic N) is 3. The van der Waals surface area contributed by atoms with Crippen molar-refractivity contribution in [1.29, 1.82) is 0 Å². The summed E-state index contributed by atoms with van der Waals surface area (Å²) < 4.78 is 18.5. The van der Waals surface area contributed by atoms with Crippen molar-refractivity contribution in [2.75, 3.05) is 26.7 Å². The zero-order valence-electron chi connectivity index (χ0n) is 14.9. The molecule has 2 aromatic rings. The Morgan fingerprint density at radius 2 is 2.00 bits per heavy atom. The average molecular weight is 364 g/mol. The smallest absolute Gasteiger partial charge is 0.273 e. The number of rotatable bonds is 7. The third-order valence-corrected chi connectivity index (χ3v) is 5.60. The lowest BCUT2D eigenvalue weighted by atomic mass is 10.0. The molecule has 1 aliphatic heterocycles. The number of ether oxygens (including phenoxy) is 1. The maximum absolute atomic E-state index is 13.0. The number of piperidine rings is 1. The van der Waals surface area contributed by atoms with E-state index in [4.69, 9.17) is 4.74 Å². The molecule has 0 unspecified atom stereocenters. The fourth-order valence-electron chi connectivity index (χ4n) is 3.30. The van der Waals surface area contributed by atoms with Gasteiger partial charge < -0.3 is 4.74 Å². The van der Waals surface area contributed by atoms with Gasteiger partial charge in [0.2, 0.25) is 0 Å². The molecule has 6 heteroatoms. The molecule has 0 aliphatic carbocycles. The number of thiazole rings is 1. The SMILES string of the molecule is CCOc1ncc(CN2CCC(N(C)Cc3ccc(F)cc3)CC2)s1. The minimum Gasteiger partial charge on any atom is -0.470 e. The number of hydrogen-bond acceptors (Lipinski definition) is 5. The summed E-state index contributed by atoms with van der Waals surface area (Å²) in [6.45, 7) is 6.67. The van der Waals surface area contributed by atoms with Crippen molar-refractivity contribution in [3.05, 3.63) is 46.7 Å². The Morgan fingerprint density at radius 1 is 1.28 bits per heavy atom. The van der Waals surface area contributed by atoms with Crippen LogP contribution in [-0.4, -0.2) is 47.6 Å². The van der Waals surface area contributed by atoms with E-state index in [0.29, 0.717) is 12.6 Å². The summed E-state index contributed by atoms with van der Waals surface area (Å²) in [5.41, 5.74) is 1.17. The van der Waals surface area contributed by atoms with Crippen LogP contribution >= 0.6 is 11.3 Å². The van der Waals surface area contributed by atoms with E-state index < -0.39 is 0 Å². The molecule has 0 atom stereocenters. The molecule has 25 heavy (non-hydrogen) atoms.